The number of allylic oxidation sites excluding steroid dienone is 4. The van der Waals surface area contributed by atoms with E-state index >= 15 is 0 Å². The van der Waals surface area contributed by atoms with Crippen LogP contribution in [0.15, 0.2) is 59.7 Å². The van der Waals surface area contributed by atoms with Crippen LogP contribution in [0.2, 0.25) is 0 Å². The largest absolute Gasteiger partial charge is 0.497 e. The molecular weight excluding hydrogens is 356 g/mol. The molecule has 1 heterocycles. The topological polar surface area (TPSA) is 49.9 Å². The third-order valence-electron chi connectivity index (χ3n) is 3.38. The van der Waals surface area contributed by atoms with Gasteiger partial charge in [0.1, 0.15) is 10.1 Å². The molecule has 2 rings (SSSR count). The second-order valence-corrected chi connectivity index (χ2v) is 6.75. The maximum atomic E-state index is 11.8. The second kappa shape index (κ2) is 8.64. The molecule has 0 unspecified atom stereocenters. The number of anilines is 1. The first kappa shape index (κ1) is 19.0. The molecule has 1 aromatic carbocycles. The molecule has 0 bridgehead atoms. The van der Waals surface area contributed by atoms with E-state index in [1.165, 1.54) is 28.5 Å². The number of ether oxygens (including phenoxy) is 1. The van der Waals surface area contributed by atoms with Crippen LogP contribution in [0.5, 0.6) is 5.75 Å². The van der Waals surface area contributed by atoms with E-state index in [4.69, 9.17) is 17.0 Å². The van der Waals surface area contributed by atoms with Gasteiger partial charge in [0.05, 0.1) is 12.0 Å². The number of benzene rings is 1. The van der Waals surface area contributed by atoms with Crippen LogP contribution in [0.1, 0.15) is 6.92 Å². The van der Waals surface area contributed by atoms with Crippen molar-refractivity contribution in [2.75, 3.05) is 19.1 Å². The Balaban J connectivity index is 2.05. The predicted molar refractivity (Wildman–Crippen MR) is 105 cm³/mol. The summed E-state index contributed by atoms with van der Waals surface area (Å²) in [6, 6.07) is 7.20. The van der Waals surface area contributed by atoms with E-state index in [0.29, 0.717) is 9.23 Å². The average Bonchev–Trinajstić information content (AvgIpc) is 2.85. The van der Waals surface area contributed by atoms with Crippen LogP contribution in [0.4, 0.5) is 5.69 Å². The van der Waals surface area contributed by atoms with E-state index in [9.17, 15) is 9.59 Å². The monoisotopic (exact) mass is 374 g/mol. The molecule has 1 saturated heterocycles. The highest BCUT2D eigenvalue weighted by Gasteiger charge is 2.27. The van der Waals surface area contributed by atoms with E-state index in [1.807, 2.05) is 0 Å². The second-order valence-electron chi connectivity index (χ2n) is 5.08. The van der Waals surface area contributed by atoms with Gasteiger partial charge in [0, 0.05) is 25.9 Å². The number of hydrogen-bond donors (Lipinski definition) is 0. The maximum Gasteiger partial charge on any atom is 0.265 e. The predicted octanol–water partition coefficient (Wildman–Crippen LogP) is 3.49. The lowest BCUT2D eigenvalue weighted by Crippen LogP contribution is -2.22. The fourth-order valence-electron chi connectivity index (χ4n) is 2.02. The molecule has 0 atom stereocenters. The van der Waals surface area contributed by atoms with E-state index < -0.39 is 0 Å². The molecule has 0 radical (unpaired) electrons. The first-order chi connectivity index (χ1) is 11.9. The molecule has 1 fully saturated rings. The molecule has 130 valence electrons. The summed E-state index contributed by atoms with van der Waals surface area (Å²) in [6.45, 7) is 1.49. The third kappa shape index (κ3) is 4.80. The van der Waals surface area contributed by atoms with Gasteiger partial charge >= 0.3 is 0 Å². The quantitative estimate of drug-likeness (QED) is 0.449. The van der Waals surface area contributed by atoms with Gasteiger partial charge in [-0.05, 0) is 36.4 Å². The van der Waals surface area contributed by atoms with E-state index in [-0.39, 0.29) is 11.8 Å². The van der Waals surface area contributed by atoms with Gasteiger partial charge in [-0.2, -0.15) is 0 Å². The number of rotatable bonds is 5. The lowest BCUT2D eigenvalue weighted by Gasteiger charge is -2.16. The third-order valence-corrected chi connectivity index (χ3v) is 4.88. The molecule has 2 amide bonds. The number of likely N-dealkylation sites (N-methyl/N-ethyl adjacent to an activating group) is 1. The Morgan fingerprint density at radius 1 is 1.24 bits per heavy atom. The zero-order valence-corrected chi connectivity index (χ0v) is 15.8. The van der Waals surface area contributed by atoms with Gasteiger partial charge in [-0.1, -0.05) is 36.1 Å². The number of thioether (sulfide) groups is 1. The van der Waals surface area contributed by atoms with Gasteiger partial charge in [0.2, 0.25) is 5.91 Å². The molecule has 25 heavy (non-hydrogen) atoms. The highest BCUT2D eigenvalue weighted by Crippen LogP contribution is 2.29. The first-order valence-electron chi connectivity index (χ1n) is 7.43. The molecule has 1 aliphatic rings. The fraction of sp³-hybridized carbons (Fsp3) is 0.167. The lowest BCUT2D eigenvalue weighted by atomic mass is 10.2. The molecule has 0 spiro atoms. The number of nitrogens with zero attached hydrogens (tertiary/aromatic N) is 2. The molecule has 7 heteroatoms. The normalized spacial score (nSPS) is 16.4. The molecular formula is C18H18N2O3S2. The van der Waals surface area contributed by atoms with Crippen LogP contribution >= 0.6 is 24.0 Å². The molecule has 0 N–H and O–H groups in total. The molecule has 5 nitrogen and oxygen atoms in total. The Kier molecular flexibility index (Phi) is 6.55. The van der Waals surface area contributed by atoms with Gasteiger partial charge in [-0.15, -0.1) is 0 Å². The van der Waals surface area contributed by atoms with Gasteiger partial charge < -0.3 is 4.74 Å². The summed E-state index contributed by atoms with van der Waals surface area (Å²) in [5.41, 5.74) is 0.741. The van der Waals surface area contributed by atoms with Crippen LogP contribution in [-0.4, -0.2) is 35.2 Å². The zero-order chi connectivity index (χ0) is 18.4. The summed E-state index contributed by atoms with van der Waals surface area (Å²) < 4.78 is 5.66. The van der Waals surface area contributed by atoms with E-state index in [2.05, 4.69) is 0 Å². The highest BCUT2D eigenvalue weighted by molar-refractivity contribution is 8.26. The number of carbonyl (C=O) groups is 2. The van der Waals surface area contributed by atoms with Crippen molar-refractivity contribution in [1.29, 1.82) is 0 Å². The first-order valence-corrected chi connectivity index (χ1v) is 8.65. The van der Waals surface area contributed by atoms with E-state index in [1.54, 1.807) is 68.9 Å². The Morgan fingerprint density at radius 2 is 1.92 bits per heavy atom. The van der Waals surface area contributed by atoms with Crippen LogP contribution in [0.3, 0.4) is 0 Å². The number of amides is 2. The molecule has 0 aliphatic carbocycles. The van der Waals surface area contributed by atoms with Gasteiger partial charge in [-0.25, -0.2) is 0 Å². The molecule has 0 aromatic heterocycles. The Bertz CT molecular complexity index is 767. The zero-order valence-electron chi connectivity index (χ0n) is 14.1. The Labute approximate surface area is 156 Å². The summed E-state index contributed by atoms with van der Waals surface area (Å²) in [7, 11) is 3.25. The molecule has 1 aromatic rings. The fourth-order valence-corrected chi connectivity index (χ4v) is 3.15. The van der Waals surface area contributed by atoms with Crippen LogP contribution in [0.25, 0.3) is 0 Å². The maximum absolute atomic E-state index is 11.8. The van der Waals surface area contributed by atoms with Gasteiger partial charge in [0.25, 0.3) is 5.91 Å². The number of methoxy groups -OCH3 is 1. The van der Waals surface area contributed by atoms with Crippen molar-refractivity contribution < 1.29 is 14.3 Å². The summed E-state index contributed by atoms with van der Waals surface area (Å²) in [5.74, 6) is 0.512. The van der Waals surface area contributed by atoms with Crippen molar-refractivity contribution in [3.8, 4) is 5.75 Å². The summed E-state index contributed by atoms with van der Waals surface area (Å²) >= 11 is 6.34. The minimum atomic E-state index is -0.110. The van der Waals surface area contributed by atoms with Gasteiger partial charge in [-0.3, -0.25) is 19.4 Å². The van der Waals surface area contributed by atoms with Crippen LogP contribution in [0, 0.1) is 0 Å². The van der Waals surface area contributed by atoms with Crippen LogP contribution in [-0.2, 0) is 9.59 Å². The summed E-state index contributed by atoms with van der Waals surface area (Å²) in [6.07, 6.45) is 8.60. The summed E-state index contributed by atoms with van der Waals surface area (Å²) in [5, 5.41) is 0. The standard InChI is InChI=1S/C18H18N2O3S2/c1-13(21)20(14-8-10-15(23-3)11-9-14)12-6-4-5-7-16-17(22)19(2)18(24)25-16/h4-12H,1-3H3. The van der Waals surface area contributed by atoms with Crippen molar-refractivity contribution in [3.05, 3.63) is 59.7 Å². The van der Waals surface area contributed by atoms with Crippen molar-refractivity contribution in [2.24, 2.45) is 0 Å². The lowest BCUT2D eigenvalue weighted by molar-refractivity contribution is -0.121. The smallest absolute Gasteiger partial charge is 0.265 e. The summed E-state index contributed by atoms with van der Waals surface area (Å²) in [4.78, 5) is 27.2. The average molecular weight is 374 g/mol. The van der Waals surface area contributed by atoms with Crippen molar-refractivity contribution in [1.82, 2.24) is 4.90 Å². The number of hydrogen-bond acceptors (Lipinski definition) is 5. The van der Waals surface area contributed by atoms with Crippen molar-refractivity contribution in [2.45, 2.75) is 6.92 Å². The van der Waals surface area contributed by atoms with Crippen molar-refractivity contribution >= 4 is 45.8 Å². The SMILES string of the molecule is COc1ccc(N(C=CC=CC=C2SC(=S)N(C)C2=O)C(C)=O)cc1. The van der Waals surface area contributed by atoms with Crippen LogP contribution < -0.4 is 9.64 Å². The Hall–Kier alpha value is -2.38. The highest BCUT2D eigenvalue weighted by atomic mass is 32.2. The molecule has 1 aliphatic heterocycles. The minimum Gasteiger partial charge on any atom is -0.497 e. The number of carbonyl (C=O) groups excluding carboxylic acids is 2. The Morgan fingerprint density at radius 3 is 2.44 bits per heavy atom. The number of thiocarbonyl (C=S) groups is 1. The van der Waals surface area contributed by atoms with E-state index in [0.717, 1.165) is 11.4 Å². The van der Waals surface area contributed by atoms with Crippen molar-refractivity contribution in [3.63, 3.8) is 0 Å². The minimum absolute atomic E-state index is 0.104. The van der Waals surface area contributed by atoms with Gasteiger partial charge in [0.15, 0.2) is 0 Å². The molecule has 0 saturated carbocycles.